The molecule has 4 rings (SSSR count). The summed E-state index contributed by atoms with van der Waals surface area (Å²) in [4.78, 5) is 50.8. The van der Waals surface area contributed by atoms with Gasteiger partial charge in [0, 0.05) is 37.7 Å². The highest BCUT2D eigenvalue weighted by Crippen LogP contribution is 2.33. The lowest BCUT2D eigenvalue weighted by Gasteiger charge is -2.45. The van der Waals surface area contributed by atoms with Gasteiger partial charge in [0.05, 0.1) is 12.0 Å². The Hall–Kier alpha value is -3.92. The van der Waals surface area contributed by atoms with Gasteiger partial charge in [-0.15, -0.1) is 0 Å². The summed E-state index contributed by atoms with van der Waals surface area (Å²) < 4.78 is 1.69. The smallest absolute Gasteiger partial charge is 0.325 e. The van der Waals surface area contributed by atoms with E-state index >= 15 is 0 Å². The number of nitrogens with two attached hydrogens (primary N) is 1. The molecule has 1 aromatic carbocycles. The van der Waals surface area contributed by atoms with Crippen LogP contribution in [-0.2, 0) is 23.1 Å². The van der Waals surface area contributed by atoms with Gasteiger partial charge in [-0.2, -0.15) is 0 Å². The molecule has 1 aliphatic rings. The minimum absolute atomic E-state index is 0.245. The summed E-state index contributed by atoms with van der Waals surface area (Å²) >= 11 is 5.99. The van der Waals surface area contributed by atoms with Crippen molar-refractivity contribution < 1.29 is 14.4 Å². The average molecular weight is 510 g/mol. The zero-order valence-corrected chi connectivity index (χ0v) is 21.0. The maximum Gasteiger partial charge on any atom is 0.325 e. The van der Waals surface area contributed by atoms with Crippen molar-refractivity contribution in [3.8, 4) is 0 Å². The minimum Gasteiger partial charge on any atom is -0.384 e. The third kappa shape index (κ3) is 4.90. The van der Waals surface area contributed by atoms with Crippen molar-refractivity contribution in [1.29, 1.82) is 0 Å². The molecule has 0 spiro atoms. The lowest BCUT2D eigenvalue weighted by molar-refractivity contribution is -0.156. The minimum atomic E-state index is -1.00. The van der Waals surface area contributed by atoms with Crippen LogP contribution in [0.15, 0.2) is 55.0 Å². The number of benzene rings is 1. The molecule has 3 heterocycles. The molecule has 0 saturated carbocycles. The van der Waals surface area contributed by atoms with E-state index in [1.807, 2.05) is 19.1 Å². The summed E-state index contributed by atoms with van der Waals surface area (Å²) in [6.45, 7) is 1.92. The molecule has 11 heteroatoms. The van der Waals surface area contributed by atoms with Gasteiger partial charge in [-0.1, -0.05) is 30.7 Å². The number of carbonyl (C=O) groups excluding carboxylic acids is 3. The Labute approximate surface area is 214 Å². The first kappa shape index (κ1) is 25.2. The number of likely N-dealkylation sites (tertiary alicyclic amines) is 1. The number of imidazole rings is 1. The van der Waals surface area contributed by atoms with Crippen molar-refractivity contribution in [2.45, 2.75) is 31.8 Å². The number of rotatable bonds is 7. The van der Waals surface area contributed by atoms with Gasteiger partial charge in [-0.05, 0) is 48.2 Å². The van der Waals surface area contributed by atoms with Gasteiger partial charge >= 0.3 is 6.03 Å². The molecule has 3 aromatic rings. The summed E-state index contributed by atoms with van der Waals surface area (Å²) in [6, 6.07) is 8.54. The van der Waals surface area contributed by atoms with Crippen LogP contribution in [0.4, 0.5) is 16.6 Å². The van der Waals surface area contributed by atoms with Crippen molar-refractivity contribution in [3.05, 3.63) is 71.1 Å². The second kappa shape index (κ2) is 10.4. The van der Waals surface area contributed by atoms with Gasteiger partial charge in [-0.25, -0.2) is 14.8 Å². The first-order valence-corrected chi connectivity index (χ1v) is 11.9. The molecule has 4 amide bonds. The van der Waals surface area contributed by atoms with Gasteiger partial charge in [0.1, 0.15) is 11.9 Å². The molecule has 3 atom stereocenters. The third-order valence-corrected chi connectivity index (χ3v) is 6.64. The summed E-state index contributed by atoms with van der Waals surface area (Å²) in [5.74, 6) is -0.857. The van der Waals surface area contributed by atoms with Crippen molar-refractivity contribution >= 4 is 41.2 Å². The van der Waals surface area contributed by atoms with E-state index in [-0.39, 0.29) is 12.5 Å². The van der Waals surface area contributed by atoms with E-state index in [0.717, 1.165) is 16.0 Å². The van der Waals surface area contributed by atoms with Crippen molar-refractivity contribution in [2.24, 2.45) is 13.0 Å². The van der Waals surface area contributed by atoms with Gasteiger partial charge in [0.2, 0.25) is 11.9 Å². The van der Waals surface area contributed by atoms with Crippen LogP contribution in [0.3, 0.4) is 0 Å². The fourth-order valence-electron chi connectivity index (χ4n) is 4.44. The number of amides is 4. The number of halogens is 1. The molecule has 36 heavy (non-hydrogen) atoms. The molecule has 1 fully saturated rings. The molecule has 10 nitrogen and oxygen atoms in total. The average Bonchev–Trinajstić information content (AvgIpc) is 3.29. The van der Waals surface area contributed by atoms with E-state index < -0.39 is 29.8 Å². The highest BCUT2D eigenvalue weighted by molar-refractivity contribution is 6.30. The highest BCUT2D eigenvalue weighted by atomic mass is 35.5. The molecular weight excluding hydrogens is 482 g/mol. The molecule has 0 bridgehead atoms. The summed E-state index contributed by atoms with van der Waals surface area (Å²) in [5, 5.41) is 3.48. The number of aryl methyl sites for hydroxylation is 1. The maximum atomic E-state index is 13.6. The number of carbonyl (C=O) groups is 3. The Morgan fingerprint density at radius 3 is 2.53 bits per heavy atom. The number of urea groups is 1. The maximum absolute atomic E-state index is 13.6. The number of hydrogen-bond donors (Lipinski definition) is 2. The Kier molecular flexibility index (Phi) is 7.25. The SMILES string of the molecule is CCC(NC(=O)N1C(=O)[C@H](Cc2ccnc(N)c2)[C@H]1C(=O)N(C)c1nccn1C)c1ccc(Cl)cc1. The molecule has 0 aliphatic carbocycles. The van der Waals surface area contributed by atoms with Crippen LogP contribution in [0.1, 0.15) is 30.5 Å². The fraction of sp³-hybridized carbons (Fsp3) is 0.320. The number of anilines is 2. The third-order valence-electron chi connectivity index (χ3n) is 6.39. The number of nitrogens with one attached hydrogen (secondary N) is 1. The van der Waals surface area contributed by atoms with Crippen LogP contribution in [0.25, 0.3) is 0 Å². The van der Waals surface area contributed by atoms with Crippen molar-refractivity contribution in [1.82, 2.24) is 24.8 Å². The second-order valence-electron chi connectivity index (χ2n) is 8.75. The summed E-state index contributed by atoms with van der Waals surface area (Å²) in [6.07, 6.45) is 5.66. The largest absolute Gasteiger partial charge is 0.384 e. The lowest BCUT2D eigenvalue weighted by Crippen LogP contribution is -2.70. The Morgan fingerprint density at radius 1 is 1.19 bits per heavy atom. The summed E-state index contributed by atoms with van der Waals surface area (Å²) in [7, 11) is 3.34. The lowest BCUT2D eigenvalue weighted by atomic mass is 9.81. The zero-order chi connectivity index (χ0) is 26.0. The molecule has 3 N–H and O–H groups in total. The number of likely N-dealkylation sites (N-methyl/N-ethyl adjacent to an activating group) is 1. The number of pyridine rings is 1. The molecule has 188 valence electrons. The van der Waals surface area contributed by atoms with E-state index in [2.05, 4.69) is 15.3 Å². The fourth-order valence-corrected chi connectivity index (χ4v) is 4.57. The molecule has 1 saturated heterocycles. The van der Waals surface area contributed by atoms with E-state index in [1.54, 1.807) is 61.5 Å². The second-order valence-corrected chi connectivity index (χ2v) is 9.19. The quantitative estimate of drug-likeness (QED) is 0.471. The van der Waals surface area contributed by atoms with Crippen LogP contribution in [0.2, 0.25) is 5.02 Å². The van der Waals surface area contributed by atoms with Crippen LogP contribution < -0.4 is 16.0 Å². The van der Waals surface area contributed by atoms with E-state index in [0.29, 0.717) is 23.2 Å². The number of imide groups is 1. The van der Waals surface area contributed by atoms with Crippen LogP contribution in [0, 0.1) is 5.92 Å². The molecule has 1 unspecified atom stereocenters. The number of hydrogen-bond acceptors (Lipinski definition) is 6. The van der Waals surface area contributed by atoms with E-state index in [9.17, 15) is 14.4 Å². The summed E-state index contributed by atoms with van der Waals surface area (Å²) in [5.41, 5.74) is 7.40. The predicted octanol–water partition coefficient (Wildman–Crippen LogP) is 2.94. The van der Waals surface area contributed by atoms with Gasteiger partial charge in [-0.3, -0.25) is 19.4 Å². The first-order chi connectivity index (χ1) is 17.2. The van der Waals surface area contributed by atoms with Crippen LogP contribution in [0.5, 0.6) is 0 Å². The molecule has 1 aliphatic heterocycles. The Balaban J connectivity index is 1.60. The van der Waals surface area contributed by atoms with Crippen molar-refractivity contribution in [2.75, 3.05) is 17.7 Å². The first-order valence-electron chi connectivity index (χ1n) is 11.6. The Morgan fingerprint density at radius 2 is 1.92 bits per heavy atom. The number of β-lactam (4-membered cyclic amide) rings is 1. The van der Waals surface area contributed by atoms with Gasteiger partial charge in [0.15, 0.2) is 0 Å². The number of aromatic nitrogens is 3. The normalized spacial score (nSPS) is 17.9. The number of nitrogens with zero attached hydrogens (tertiary/aromatic N) is 5. The standard InChI is InChI=1S/C25H28ClN7O3/c1-4-19(16-5-7-17(26)8-6-16)30-25(36)33-21(23(35)32(3)24-29-11-12-31(24)2)18(22(33)34)13-15-9-10-28-20(27)14-15/h5-12,14,18-19,21H,4,13H2,1-3H3,(H2,27,28)(H,30,36)/t18-,19?,21+/m1/s1. The van der Waals surface area contributed by atoms with Gasteiger partial charge in [0.25, 0.3) is 5.91 Å². The zero-order valence-electron chi connectivity index (χ0n) is 20.3. The van der Waals surface area contributed by atoms with E-state index in [4.69, 9.17) is 17.3 Å². The highest BCUT2D eigenvalue weighted by Gasteiger charge is 2.55. The van der Waals surface area contributed by atoms with Gasteiger partial charge < -0.3 is 15.6 Å². The Bertz CT molecular complexity index is 1280. The van der Waals surface area contributed by atoms with E-state index in [1.165, 1.54) is 4.90 Å². The van der Waals surface area contributed by atoms with Crippen LogP contribution in [-0.4, -0.2) is 50.4 Å². The molecular formula is C25H28ClN7O3. The predicted molar refractivity (Wildman–Crippen MR) is 136 cm³/mol. The topological polar surface area (TPSA) is 126 Å². The van der Waals surface area contributed by atoms with Crippen LogP contribution >= 0.6 is 11.6 Å². The number of nitrogen functional groups attached to an aromatic ring is 1. The molecule has 2 aromatic heterocycles. The monoisotopic (exact) mass is 509 g/mol. The van der Waals surface area contributed by atoms with Crippen molar-refractivity contribution in [3.63, 3.8) is 0 Å². The molecule has 0 radical (unpaired) electrons.